The van der Waals surface area contributed by atoms with Crippen LogP contribution in [0.25, 0.3) is 0 Å². The van der Waals surface area contributed by atoms with Gasteiger partial charge in [-0.2, -0.15) is 0 Å². The summed E-state index contributed by atoms with van der Waals surface area (Å²) in [6.45, 7) is 17.5. The number of hydrogen-bond acceptors (Lipinski definition) is 2. The molecule has 0 aliphatic heterocycles. The fourth-order valence-corrected chi connectivity index (χ4v) is 2.11. The van der Waals surface area contributed by atoms with Crippen LogP contribution in [0.3, 0.4) is 0 Å². The van der Waals surface area contributed by atoms with Crippen molar-refractivity contribution in [3.8, 4) is 0 Å². The van der Waals surface area contributed by atoms with E-state index in [-0.39, 0.29) is 22.7 Å². The molecule has 108 valence electrons. The van der Waals surface area contributed by atoms with E-state index in [1.807, 2.05) is 13.8 Å². The molecule has 18 heavy (non-hydrogen) atoms. The molecule has 2 heteroatoms. The zero-order chi connectivity index (χ0) is 14.6. The van der Waals surface area contributed by atoms with E-state index in [0.29, 0.717) is 5.92 Å². The van der Waals surface area contributed by atoms with Crippen LogP contribution in [0.5, 0.6) is 0 Å². The van der Waals surface area contributed by atoms with Gasteiger partial charge in [0.2, 0.25) is 0 Å². The Labute approximate surface area is 113 Å². The molecule has 0 saturated heterocycles. The fourth-order valence-electron chi connectivity index (χ4n) is 2.11. The zero-order valence-corrected chi connectivity index (χ0v) is 13.6. The van der Waals surface area contributed by atoms with Gasteiger partial charge in [0.25, 0.3) is 0 Å². The average molecular weight is 256 g/mol. The van der Waals surface area contributed by atoms with Crippen LogP contribution in [0.15, 0.2) is 0 Å². The molecule has 0 heterocycles. The second-order valence-corrected chi connectivity index (χ2v) is 7.30. The average Bonchev–Trinajstić information content (AvgIpc) is 2.14. The van der Waals surface area contributed by atoms with Crippen LogP contribution in [-0.4, -0.2) is 18.5 Å². The van der Waals surface area contributed by atoms with Gasteiger partial charge in [-0.1, -0.05) is 41.5 Å². The van der Waals surface area contributed by atoms with Gasteiger partial charge in [-0.15, -0.1) is 0 Å². The molecule has 0 aliphatic rings. The summed E-state index contributed by atoms with van der Waals surface area (Å²) in [7, 11) is 0. The monoisotopic (exact) mass is 256 g/mol. The van der Waals surface area contributed by atoms with Crippen molar-refractivity contribution in [2.75, 3.05) is 6.61 Å². The van der Waals surface area contributed by atoms with Crippen molar-refractivity contribution in [1.29, 1.82) is 0 Å². The molecule has 0 bridgehead atoms. The number of carbonyl (C=O) groups is 1. The molecule has 0 amide bonds. The molecule has 0 N–H and O–H groups in total. The van der Waals surface area contributed by atoms with Gasteiger partial charge in [-0.25, -0.2) is 0 Å². The molecule has 0 aliphatic carbocycles. The Morgan fingerprint density at radius 2 is 1.61 bits per heavy atom. The van der Waals surface area contributed by atoms with Crippen molar-refractivity contribution in [2.45, 2.75) is 74.3 Å². The number of ketones is 1. The Morgan fingerprint density at radius 3 is 2.00 bits per heavy atom. The summed E-state index contributed by atoms with van der Waals surface area (Å²) in [5.41, 5.74) is -0.245. The normalized spacial score (nSPS) is 14.9. The lowest BCUT2D eigenvalue weighted by Crippen LogP contribution is -2.37. The van der Waals surface area contributed by atoms with Gasteiger partial charge in [0.15, 0.2) is 0 Å². The van der Waals surface area contributed by atoms with E-state index in [1.165, 1.54) is 0 Å². The van der Waals surface area contributed by atoms with E-state index < -0.39 is 0 Å². The number of rotatable bonds is 8. The molecule has 0 radical (unpaired) electrons. The molecular formula is C16H32O2. The first-order valence-electron chi connectivity index (χ1n) is 7.11. The first-order chi connectivity index (χ1) is 7.99. The molecule has 0 aromatic rings. The Hall–Kier alpha value is -0.370. The third-order valence-corrected chi connectivity index (χ3v) is 4.01. The van der Waals surface area contributed by atoms with Crippen molar-refractivity contribution >= 4 is 5.78 Å². The number of Topliss-reactive ketones (excluding diaryl/α,β-unsaturated/α-hetero) is 1. The molecule has 0 aromatic heterocycles. The van der Waals surface area contributed by atoms with E-state index in [4.69, 9.17) is 4.74 Å². The minimum Gasteiger partial charge on any atom is -0.378 e. The van der Waals surface area contributed by atoms with Gasteiger partial charge in [-0.05, 0) is 38.0 Å². The lowest BCUT2D eigenvalue weighted by atomic mass is 9.71. The molecule has 2 nitrogen and oxygen atoms in total. The largest absolute Gasteiger partial charge is 0.378 e. The predicted molar refractivity (Wildman–Crippen MR) is 77.7 cm³/mol. The third-order valence-electron chi connectivity index (χ3n) is 4.01. The van der Waals surface area contributed by atoms with Crippen molar-refractivity contribution in [3.63, 3.8) is 0 Å². The molecule has 0 aromatic carbocycles. The summed E-state index contributed by atoms with van der Waals surface area (Å²) in [6, 6.07) is 0. The van der Waals surface area contributed by atoms with E-state index in [9.17, 15) is 4.79 Å². The highest BCUT2D eigenvalue weighted by molar-refractivity contribution is 5.81. The third kappa shape index (κ3) is 5.99. The molecular weight excluding hydrogens is 224 g/mol. The van der Waals surface area contributed by atoms with Crippen LogP contribution in [0.4, 0.5) is 0 Å². The van der Waals surface area contributed by atoms with Gasteiger partial charge < -0.3 is 4.74 Å². The Balaban J connectivity index is 4.39. The second kappa shape index (κ2) is 6.70. The first-order valence-corrected chi connectivity index (χ1v) is 7.11. The zero-order valence-electron chi connectivity index (χ0n) is 13.6. The van der Waals surface area contributed by atoms with E-state index in [1.54, 1.807) is 6.92 Å². The summed E-state index contributed by atoms with van der Waals surface area (Å²) >= 11 is 0. The minimum atomic E-state index is -0.265. The van der Waals surface area contributed by atoms with Gasteiger partial charge in [-0.3, -0.25) is 4.79 Å². The van der Waals surface area contributed by atoms with E-state index >= 15 is 0 Å². The lowest BCUT2D eigenvalue weighted by molar-refractivity contribution is -0.128. The van der Waals surface area contributed by atoms with E-state index in [2.05, 4.69) is 34.6 Å². The van der Waals surface area contributed by atoms with Crippen molar-refractivity contribution in [1.82, 2.24) is 0 Å². The highest BCUT2D eigenvalue weighted by atomic mass is 16.5. The van der Waals surface area contributed by atoms with Gasteiger partial charge in [0.05, 0.1) is 6.10 Å². The van der Waals surface area contributed by atoms with Crippen molar-refractivity contribution < 1.29 is 9.53 Å². The Kier molecular flexibility index (Phi) is 6.56. The van der Waals surface area contributed by atoms with Crippen LogP contribution in [-0.2, 0) is 9.53 Å². The van der Waals surface area contributed by atoms with Gasteiger partial charge in [0, 0.05) is 12.0 Å². The van der Waals surface area contributed by atoms with Crippen molar-refractivity contribution in [3.05, 3.63) is 0 Å². The van der Waals surface area contributed by atoms with E-state index in [0.717, 1.165) is 19.4 Å². The summed E-state index contributed by atoms with van der Waals surface area (Å²) in [5, 5.41) is 0. The maximum absolute atomic E-state index is 11.6. The molecule has 1 atom stereocenters. The maximum Gasteiger partial charge on any atom is 0.135 e. The lowest BCUT2D eigenvalue weighted by Gasteiger charge is -2.37. The Morgan fingerprint density at radius 1 is 1.11 bits per heavy atom. The number of ether oxygens (including phenoxy) is 1. The number of carbonyl (C=O) groups excluding carboxylic acids is 1. The molecule has 0 rings (SSSR count). The molecule has 0 fully saturated rings. The summed E-state index contributed by atoms with van der Waals surface area (Å²) in [4.78, 5) is 11.6. The maximum atomic E-state index is 11.6. The standard InChI is InChI=1S/C16H32O2/c1-12(2)9-10-18-14(4)16(7,8)11-15(5,6)13(3)17/h12,14H,9-11H2,1-8H3. The number of hydrogen-bond donors (Lipinski definition) is 0. The SMILES string of the molecule is CC(=O)C(C)(C)CC(C)(C)C(C)OCCC(C)C. The van der Waals surface area contributed by atoms with Crippen LogP contribution in [0.1, 0.15) is 68.2 Å². The smallest absolute Gasteiger partial charge is 0.135 e. The van der Waals surface area contributed by atoms with Gasteiger partial charge in [0.1, 0.15) is 5.78 Å². The van der Waals surface area contributed by atoms with Crippen LogP contribution < -0.4 is 0 Å². The van der Waals surface area contributed by atoms with Crippen LogP contribution in [0, 0.1) is 16.7 Å². The topological polar surface area (TPSA) is 26.3 Å². The molecule has 1 unspecified atom stereocenters. The van der Waals surface area contributed by atoms with Crippen molar-refractivity contribution in [2.24, 2.45) is 16.7 Å². The second-order valence-electron chi connectivity index (χ2n) is 7.30. The fraction of sp³-hybridized carbons (Fsp3) is 0.938. The minimum absolute atomic E-state index is 0.0200. The molecule has 0 spiro atoms. The predicted octanol–water partition coefficient (Wildman–Crippen LogP) is 4.47. The highest BCUT2D eigenvalue weighted by Gasteiger charge is 2.36. The van der Waals surface area contributed by atoms with Crippen LogP contribution >= 0.6 is 0 Å². The summed E-state index contributed by atoms with van der Waals surface area (Å²) < 4.78 is 5.93. The molecule has 0 saturated carbocycles. The quantitative estimate of drug-likeness (QED) is 0.640. The Bertz CT molecular complexity index is 264. The van der Waals surface area contributed by atoms with Crippen LogP contribution in [0.2, 0.25) is 0 Å². The summed E-state index contributed by atoms with van der Waals surface area (Å²) in [6.07, 6.45) is 2.13. The highest BCUT2D eigenvalue weighted by Crippen LogP contribution is 2.38. The summed E-state index contributed by atoms with van der Waals surface area (Å²) in [5.74, 6) is 0.930. The first kappa shape index (κ1) is 17.6. The van der Waals surface area contributed by atoms with Gasteiger partial charge >= 0.3 is 0 Å².